The van der Waals surface area contributed by atoms with E-state index in [-0.39, 0.29) is 24.0 Å². The van der Waals surface area contributed by atoms with Gasteiger partial charge in [0.25, 0.3) is 0 Å². The first-order valence-corrected chi connectivity index (χ1v) is 9.04. The van der Waals surface area contributed by atoms with Crippen LogP contribution in [0.2, 0.25) is 0 Å². The second-order valence-electron chi connectivity index (χ2n) is 6.12. The van der Waals surface area contributed by atoms with E-state index in [9.17, 15) is 0 Å². The van der Waals surface area contributed by atoms with Gasteiger partial charge in [-0.3, -0.25) is 0 Å². The number of halogens is 1. The van der Waals surface area contributed by atoms with Crippen LogP contribution in [0.25, 0.3) is 0 Å². The first-order chi connectivity index (χ1) is 13.2. The molecule has 0 spiro atoms. The molecule has 0 aliphatic rings. The van der Waals surface area contributed by atoms with Gasteiger partial charge in [0.15, 0.2) is 17.5 Å². The van der Waals surface area contributed by atoms with Crippen molar-refractivity contribution in [2.75, 3.05) is 27.9 Å². The van der Waals surface area contributed by atoms with Crippen molar-refractivity contribution >= 4 is 29.9 Å². The van der Waals surface area contributed by atoms with Crippen molar-refractivity contribution in [3.05, 3.63) is 53.6 Å². The van der Waals surface area contributed by atoms with Gasteiger partial charge in [-0.15, -0.1) is 24.0 Å². The maximum atomic E-state index is 5.94. The van der Waals surface area contributed by atoms with Crippen LogP contribution in [0.3, 0.4) is 0 Å². The molecule has 0 aliphatic heterocycles. The Morgan fingerprint density at radius 3 is 2.21 bits per heavy atom. The summed E-state index contributed by atoms with van der Waals surface area (Å²) in [7, 11) is 4.91. The lowest BCUT2D eigenvalue weighted by Crippen LogP contribution is -2.32. The van der Waals surface area contributed by atoms with Crippen molar-refractivity contribution < 1.29 is 14.2 Å². The van der Waals surface area contributed by atoms with Crippen molar-refractivity contribution in [1.29, 1.82) is 0 Å². The van der Waals surface area contributed by atoms with Crippen molar-refractivity contribution in [1.82, 2.24) is 5.32 Å². The lowest BCUT2D eigenvalue weighted by molar-refractivity contribution is 0.354. The molecule has 154 valence electrons. The van der Waals surface area contributed by atoms with E-state index < -0.39 is 0 Å². The van der Waals surface area contributed by atoms with E-state index in [1.807, 2.05) is 30.3 Å². The van der Waals surface area contributed by atoms with Crippen molar-refractivity contribution in [2.45, 2.75) is 25.8 Å². The normalized spacial score (nSPS) is 10.8. The zero-order chi connectivity index (χ0) is 19.5. The van der Waals surface area contributed by atoms with E-state index >= 15 is 0 Å². The van der Waals surface area contributed by atoms with Gasteiger partial charge in [-0.05, 0) is 54.7 Å². The Hall–Kier alpha value is -2.16. The summed E-state index contributed by atoms with van der Waals surface area (Å²) in [6, 6.07) is 13.9. The minimum absolute atomic E-state index is 0. The smallest absolute Gasteiger partial charge is 0.188 e. The number of hydrogen-bond donors (Lipinski definition) is 2. The van der Waals surface area contributed by atoms with E-state index in [4.69, 9.17) is 19.9 Å². The minimum atomic E-state index is 0. The number of aliphatic imine (C=N–C) groups is 1. The Morgan fingerprint density at radius 1 is 0.893 bits per heavy atom. The zero-order valence-electron chi connectivity index (χ0n) is 16.7. The van der Waals surface area contributed by atoms with Gasteiger partial charge in [-0.1, -0.05) is 18.2 Å². The standard InChI is InChI=1S/C21H29N3O3.HI/c1-25-18-10-7-16(8-11-18)6-4-5-13-23-21(22)24-15-17-9-12-19(26-2)20(14-17)27-3;/h7-12,14H,4-6,13,15H2,1-3H3,(H3,22,23,24);1H. The number of ether oxygens (including phenoxy) is 3. The predicted molar refractivity (Wildman–Crippen MR) is 124 cm³/mol. The number of unbranched alkanes of at least 4 members (excludes halogenated alkanes) is 1. The zero-order valence-corrected chi connectivity index (χ0v) is 19.1. The molecular weight excluding hydrogens is 469 g/mol. The Morgan fingerprint density at radius 2 is 1.57 bits per heavy atom. The van der Waals surface area contributed by atoms with Crippen molar-refractivity contribution in [3.8, 4) is 17.2 Å². The third kappa shape index (κ3) is 7.84. The number of hydrogen-bond acceptors (Lipinski definition) is 4. The molecule has 3 N–H and O–H groups in total. The number of benzene rings is 2. The second kappa shape index (κ2) is 13.1. The first-order valence-electron chi connectivity index (χ1n) is 9.04. The third-order valence-corrected chi connectivity index (χ3v) is 4.24. The molecule has 0 radical (unpaired) electrons. The average molecular weight is 499 g/mol. The lowest BCUT2D eigenvalue weighted by atomic mass is 10.1. The number of nitrogens with two attached hydrogens (primary N) is 1. The van der Waals surface area contributed by atoms with Crippen LogP contribution in [0.1, 0.15) is 24.0 Å². The first kappa shape index (κ1) is 23.9. The minimum Gasteiger partial charge on any atom is -0.497 e. The molecule has 2 aromatic carbocycles. The topological polar surface area (TPSA) is 78.1 Å². The molecule has 28 heavy (non-hydrogen) atoms. The van der Waals surface area contributed by atoms with Crippen LogP contribution >= 0.6 is 24.0 Å². The van der Waals surface area contributed by atoms with Crippen molar-refractivity contribution in [3.63, 3.8) is 0 Å². The van der Waals surface area contributed by atoms with Gasteiger partial charge in [-0.25, -0.2) is 4.99 Å². The summed E-state index contributed by atoms with van der Waals surface area (Å²) in [6.45, 7) is 1.29. The molecule has 0 fully saturated rings. The lowest BCUT2D eigenvalue weighted by Gasteiger charge is -2.09. The molecule has 0 unspecified atom stereocenters. The number of nitrogens with zero attached hydrogens (tertiary/aromatic N) is 1. The average Bonchev–Trinajstić information content (AvgIpc) is 2.72. The van der Waals surface area contributed by atoms with Crippen LogP contribution in [0.5, 0.6) is 17.2 Å². The highest BCUT2D eigenvalue weighted by Gasteiger charge is 2.04. The second-order valence-corrected chi connectivity index (χ2v) is 6.12. The van der Waals surface area contributed by atoms with Crippen LogP contribution in [-0.4, -0.2) is 33.8 Å². The fourth-order valence-electron chi connectivity index (χ4n) is 2.67. The summed E-state index contributed by atoms with van der Waals surface area (Å²) < 4.78 is 15.7. The summed E-state index contributed by atoms with van der Waals surface area (Å²) in [5, 5.41) is 3.16. The monoisotopic (exact) mass is 499 g/mol. The highest BCUT2D eigenvalue weighted by Crippen LogP contribution is 2.27. The van der Waals surface area contributed by atoms with Crippen LogP contribution in [0.15, 0.2) is 47.5 Å². The van der Waals surface area contributed by atoms with E-state index in [2.05, 4.69) is 22.4 Å². The SMILES string of the molecule is COc1ccc(CCCCNC(N)=NCc2ccc(OC)c(OC)c2)cc1.I. The molecule has 0 saturated carbocycles. The molecule has 2 rings (SSSR count). The largest absolute Gasteiger partial charge is 0.497 e. The van der Waals surface area contributed by atoms with Gasteiger partial charge in [0.2, 0.25) is 0 Å². The van der Waals surface area contributed by atoms with Gasteiger partial charge < -0.3 is 25.3 Å². The van der Waals surface area contributed by atoms with Crippen LogP contribution in [-0.2, 0) is 13.0 Å². The number of rotatable bonds is 10. The Bertz CT molecular complexity index is 736. The van der Waals surface area contributed by atoms with E-state index in [1.165, 1.54) is 5.56 Å². The highest BCUT2D eigenvalue weighted by atomic mass is 127. The summed E-state index contributed by atoms with van der Waals surface area (Å²) in [5.41, 5.74) is 8.26. The fourth-order valence-corrected chi connectivity index (χ4v) is 2.67. The summed E-state index contributed by atoms with van der Waals surface area (Å²) in [4.78, 5) is 4.37. The molecule has 0 bridgehead atoms. The van der Waals surface area contributed by atoms with Crippen LogP contribution < -0.4 is 25.3 Å². The summed E-state index contributed by atoms with van der Waals surface area (Å²) in [6.07, 6.45) is 3.15. The molecule has 0 saturated heterocycles. The highest BCUT2D eigenvalue weighted by molar-refractivity contribution is 14.0. The fraction of sp³-hybridized carbons (Fsp3) is 0.381. The Kier molecular flexibility index (Phi) is 11.2. The third-order valence-electron chi connectivity index (χ3n) is 4.24. The number of methoxy groups -OCH3 is 3. The van der Waals surface area contributed by atoms with Gasteiger partial charge in [-0.2, -0.15) is 0 Å². The van der Waals surface area contributed by atoms with E-state index in [1.54, 1.807) is 21.3 Å². The van der Waals surface area contributed by atoms with Crippen LogP contribution in [0.4, 0.5) is 0 Å². The van der Waals surface area contributed by atoms with E-state index in [0.717, 1.165) is 37.1 Å². The Balaban J connectivity index is 0.00000392. The van der Waals surface area contributed by atoms with Gasteiger partial charge in [0.05, 0.1) is 27.9 Å². The maximum Gasteiger partial charge on any atom is 0.188 e. The molecule has 7 heteroatoms. The molecule has 0 aromatic heterocycles. The molecule has 0 amide bonds. The summed E-state index contributed by atoms with van der Waals surface area (Å²) in [5.74, 6) is 2.73. The Labute approximate surface area is 184 Å². The molecular formula is C21H30IN3O3. The molecule has 0 aliphatic carbocycles. The molecule has 0 atom stereocenters. The summed E-state index contributed by atoms with van der Waals surface area (Å²) >= 11 is 0. The van der Waals surface area contributed by atoms with Gasteiger partial charge in [0.1, 0.15) is 5.75 Å². The molecule has 2 aromatic rings. The quantitative estimate of drug-likeness (QED) is 0.225. The van der Waals surface area contributed by atoms with Crippen molar-refractivity contribution in [2.24, 2.45) is 10.7 Å². The molecule has 6 nitrogen and oxygen atoms in total. The van der Waals surface area contributed by atoms with Gasteiger partial charge >= 0.3 is 0 Å². The number of nitrogens with one attached hydrogen (secondary N) is 1. The number of aryl methyl sites for hydroxylation is 1. The van der Waals surface area contributed by atoms with E-state index in [0.29, 0.717) is 24.0 Å². The van der Waals surface area contributed by atoms with Gasteiger partial charge in [0, 0.05) is 6.54 Å². The van der Waals surface area contributed by atoms with Crippen LogP contribution in [0, 0.1) is 0 Å². The maximum absolute atomic E-state index is 5.94. The predicted octanol–water partition coefficient (Wildman–Crippen LogP) is 3.76. The molecule has 0 heterocycles. The number of guanidine groups is 1.